The number of carboxylic acids is 1. The predicted molar refractivity (Wildman–Crippen MR) is 52.6 cm³/mol. The molecule has 0 aliphatic carbocycles. The van der Waals surface area contributed by atoms with Gasteiger partial charge >= 0.3 is 5.97 Å². The standard InChI is InChI=1S/C9H15N3O3/c1-4-9(3,15)5-12-6(2)7(8(13)14)10-11-12/h15H,4-5H2,1-3H3,(H,13,14). The fourth-order valence-electron chi connectivity index (χ4n) is 1.14. The second kappa shape index (κ2) is 3.98. The molecule has 0 amide bonds. The molecule has 6 heteroatoms. The normalized spacial score (nSPS) is 14.9. The van der Waals surface area contributed by atoms with Crippen molar-refractivity contribution in [2.24, 2.45) is 0 Å². The van der Waals surface area contributed by atoms with Crippen molar-refractivity contribution < 1.29 is 15.0 Å². The maximum Gasteiger partial charge on any atom is 0.358 e. The van der Waals surface area contributed by atoms with Crippen molar-refractivity contribution in [2.45, 2.75) is 39.3 Å². The summed E-state index contributed by atoms with van der Waals surface area (Å²) >= 11 is 0. The van der Waals surface area contributed by atoms with E-state index in [4.69, 9.17) is 5.11 Å². The molecule has 0 radical (unpaired) electrons. The number of aromatic carboxylic acids is 1. The summed E-state index contributed by atoms with van der Waals surface area (Å²) in [7, 11) is 0. The van der Waals surface area contributed by atoms with Crippen LogP contribution in [0, 0.1) is 6.92 Å². The van der Waals surface area contributed by atoms with Gasteiger partial charge in [0, 0.05) is 0 Å². The Bertz CT molecular complexity index is 371. The fraction of sp³-hybridized carbons (Fsp3) is 0.667. The van der Waals surface area contributed by atoms with Crippen LogP contribution in [0.5, 0.6) is 0 Å². The topological polar surface area (TPSA) is 88.2 Å². The molecule has 1 rings (SSSR count). The molecule has 0 saturated heterocycles. The van der Waals surface area contributed by atoms with Crippen molar-refractivity contribution in [3.05, 3.63) is 11.4 Å². The van der Waals surface area contributed by atoms with Crippen LogP contribution in [0.4, 0.5) is 0 Å². The van der Waals surface area contributed by atoms with Crippen molar-refractivity contribution in [3.63, 3.8) is 0 Å². The van der Waals surface area contributed by atoms with E-state index in [-0.39, 0.29) is 12.2 Å². The van der Waals surface area contributed by atoms with Gasteiger partial charge in [-0.3, -0.25) is 0 Å². The molecule has 6 nitrogen and oxygen atoms in total. The van der Waals surface area contributed by atoms with E-state index < -0.39 is 11.6 Å². The predicted octanol–water partition coefficient (Wildman–Crippen LogP) is 0.446. The van der Waals surface area contributed by atoms with Crippen LogP contribution in [-0.4, -0.2) is 36.8 Å². The van der Waals surface area contributed by atoms with Crippen LogP contribution >= 0.6 is 0 Å². The minimum atomic E-state index is -1.10. The molecule has 0 aromatic carbocycles. The largest absolute Gasteiger partial charge is 0.476 e. The molecular weight excluding hydrogens is 198 g/mol. The first-order valence-corrected chi connectivity index (χ1v) is 4.73. The van der Waals surface area contributed by atoms with Crippen molar-refractivity contribution in [1.29, 1.82) is 0 Å². The summed E-state index contributed by atoms with van der Waals surface area (Å²) in [4.78, 5) is 10.7. The van der Waals surface area contributed by atoms with Gasteiger partial charge in [0.2, 0.25) is 0 Å². The number of rotatable bonds is 4. The lowest BCUT2D eigenvalue weighted by Gasteiger charge is -2.21. The summed E-state index contributed by atoms with van der Waals surface area (Å²) in [5.41, 5.74) is -0.507. The lowest BCUT2D eigenvalue weighted by atomic mass is 10.0. The van der Waals surface area contributed by atoms with E-state index >= 15 is 0 Å². The third kappa shape index (κ3) is 2.53. The second-order valence-electron chi connectivity index (χ2n) is 3.84. The molecule has 0 aliphatic rings. The monoisotopic (exact) mass is 213 g/mol. The number of hydrogen-bond acceptors (Lipinski definition) is 4. The summed E-state index contributed by atoms with van der Waals surface area (Å²) in [5, 5.41) is 25.8. The van der Waals surface area contributed by atoms with Crippen LogP contribution in [0.25, 0.3) is 0 Å². The Morgan fingerprint density at radius 2 is 2.20 bits per heavy atom. The summed E-state index contributed by atoms with van der Waals surface area (Å²) in [5.74, 6) is -1.10. The van der Waals surface area contributed by atoms with Gasteiger partial charge in [0.25, 0.3) is 0 Å². The molecule has 1 atom stereocenters. The van der Waals surface area contributed by atoms with E-state index in [0.717, 1.165) is 0 Å². The third-order valence-electron chi connectivity index (χ3n) is 2.44. The van der Waals surface area contributed by atoms with Crippen LogP contribution in [0.15, 0.2) is 0 Å². The molecule has 84 valence electrons. The Morgan fingerprint density at radius 1 is 1.60 bits per heavy atom. The van der Waals surface area contributed by atoms with Crippen molar-refractivity contribution in [1.82, 2.24) is 15.0 Å². The van der Waals surface area contributed by atoms with Crippen molar-refractivity contribution in [2.75, 3.05) is 0 Å². The molecule has 15 heavy (non-hydrogen) atoms. The Morgan fingerprint density at radius 3 is 2.60 bits per heavy atom. The summed E-state index contributed by atoms with van der Waals surface area (Å²) in [6.07, 6.45) is 0.564. The Labute approximate surface area is 87.5 Å². The van der Waals surface area contributed by atoms with E-state index in [2.05, 4.69) is 10.3 Å². The van der Waals surface area contributed by atoms with Gasteiger partial charge in [-0.05, 0) is 20.3 Å². The SMILES string of the molecule is CCC(C)(O)Cn1nnc(C(=O)O)c1C. The van der Waals surface area contributed by atoms with Crippen LogP contribution in [0.2, 0.25) is 0 Å². The van der Waals surface area contributed by atoms with Gasteiger partial charge < -0.3 is 10.2 Å². The molecule has 1 unspecified atom stereocenters. The lowest BCUT2D eigenvalue weighted by molar-refractivity contribution is 0.0333. The molecule has 1 aromatic rings. The zero-order valence-electron chi connectivity index (χ0n) is 9.06. The molecular formula is C9H15N3O3. The third-order valence-corrected chi connectivity index (χ3v) is 2.44. The summed E-state index contributed by atoms with van der Waals surface area (Å²) in [6, 6.07) is 0. The van der Waals surface area contributed by atoms with E-state index in [1.165, 1.54) is 4.68 Å². The Kier molecular flexibility index (Phi) is 3.09. The highest BCUT2D eigenvalue weighted by Crippen LogP contribution is 2.13. The first kappa shape index (κ1) is 11.6. The highest BCUT2D eigenvalue weighted by molar-refractivity contribution is 5.86. The maximum absolute atomic E-state index is 10.7. The van der Waals surface area contributed by atoms with Gasteiger partial charge in [-0.2, -0.15) is 0 Å². The number of carbonyl (C=O) groups is 1. The fourth-order valence-corrected chi connectivity index (χ4v) is 1.14. The average Bonchev–Trinajstić information content (AvgIpc) is 2.48. The van der Waals surface area contributed by atoms with Gasteiger partial charge in [-0.25, -0.2) is 9.48 Å². The summed E-state index contributed by atoms with van der Waals surface area (Å²) in [6.45, 7) is 5.39. The smallest absolute Gasteiger partial charge is 0.358 e. The van der Waals surface area contributed by atoms with Gasteiger partial charge in [0.1, 0.15) is 0 Å². The number of aliphatic hydroxyl groups is 1. The molecule has 0 bridgehead atoms. The Hall–Kier alpha value is -1.43. The Balaban J connectivity index is 2.93. The van der Waals surface area contributed by atoms with Gasteiger partial charge in [0.15, 0.2) is 5.69 Å². The average molecular weight is 213 g/mol. The number of aromatic nitrogens is 3. The molecule has 0 saturated carbocycles. The molecule has 1 heterocycles. The minimum absolute atomic E-state index is 0.0677. The van der Waals surface area contributed by atoms with Crippen LogP contribution < -0.4 is 0 Å². The highest BCUT2D eigenvalue weighted by atomic mass is 16.4. The minimum Gasteiger partial charge on any atom is -0.476 e. The van der Waals surface area contributed by atoms with Crippen LogP contribution in [0.3, 0.4) is 0 Å². The van der Waals surface area contributed by atoms with Crippen LogP contribution in [-0.2, 0) is 6.54 Å². The zero-order chi connectivity index (χ0) is 11.6. The van der Waals surface area contributed by atoms with Crippen molar-refractivity contribution in [3.8, 4) is 0 Å². The van der Waals surface area contributed by atoms with Crippen LogP contribution in [0.1, 0.15) is 36.5 Å². The van der Waals surface area contributed by atoms with Gasteiger partial charge in [-0.15, -0.1) is 5.10 Å². The number of hydrogen-bond donors (Lipinski definition) is 2. The van der Waals surface area contributed by atoms with E-state index in [1.807, 2.05) is 6.92 Å². The molecule has 0 aliphatic heterocycles. The molecule has 2 N–H and O–H groups in total. The summed E-state index contributed by atoms with van der Waals surface area (Å²) < 4.78 is 1.41. The van der Waals surface area contributed by atoms with Gasteiger partial charge in [0.05, 0.1) is 17.8 Å². The maximum atomic E-state index is 10.7. The second-order valence-corrected chi connectivity index (χ2v) is 3.84. The quantitative estimate of drug-likeness (QED) is 0.757. The van der Waals surface area contributed by atoms with E-state index in [0.29, 0.717) is 12.1 Å². The van der Waals surface area contributed by atoms with Gasteiger partial charge in [-0.1, -0.05) is 12.1 Å². The molecule has 0 spiro atoms. The first-order valence-electron chi connectivity index (χ1n) is 4.73. The first-order chi connectivity index (χ1) is 6.87. The highest BCUT2D eigenvalue weighted by Gasteiger charge is 2.22. The number of nitrogens with zero attached hydrogens (tertiary/aromatic N) is 3. The van der Waals surface area contributed by atoms with E-state index in [1.54, 1.807) is 13.8 Å². The van der Waals surface area contributed by atoms with E-state index in [9.17, 15) is 9.90 Å². The van der Waals surface area contributed by atoms with Crippen molar-refractivity contribution >= 4 is 5.97 Å². The zero-order valence-corrected chi connectivity index (χ0v) is 9.06. The molecule has 0 fully saturated rings. The lowest BCUT2D eigenvalue weighted by Crippen LogP contribution is -2.30. The molecule has 1 aromatic heterocycles. The number of carboxylic acid groups (broad SMARTS) is 1.